The summed E-state index contributed by atoms with van der Waals surface area (Å²) in [6.07, 6.45) is 1.96. The molecule has 1 aromatic heterocycles. The maximum atomic E-state index is 10.6. The van der Waals surface area contributed by atoms with Gasteiger partial charge in [-0.1, -0.05) is 0 Å². The quantitative estimate of drug-likeness (QED) is 0.660. The van der Waals surface area contributed by atoms with Crippen LogP contribution < -0.4 is 26.0 Å². The first-order chi connectivity index (χ1) is 12.6. The van der Waals surface area contributed by atoms with Gasteiger partial charge in [0.05, 0.1) is 24.7 Å². The Labute approximate surface area is 152 Å². The number of nitrogen functional groups attached to an aromatic ring is 1. The molecule has 0 radical (unpaired) electrons. The topological polar surface area (TPSA) is 109 Å². The average molecular weight is 357 g/mol. The Hall–Kier alpha value is -3.07. The van der Waals surface area contributed by atoms with Crippen LogP contribution in [0.4, 0.5) is 28.8 Å². The van der Waals surface area contributed by atoms with E-state index in [1.54, 1.807) is 7.11 Å². The molecular formula is C17H23N7O2. The van der Waals surface area contributed by atoms with E-state index in [0.29, 0.717) is 23.8 Å². The number of methoxy groups -OCH3 is 1. The van der Waals surface area contributed by atoms with E-state index in [9.17, 15) is 4.79 Å². The number of likely N-dealkylation sites (N-methyl/N-ethyl adjacent to an activating group) is 1. The summed E-state index contributed by atoms with van der Waals surface area (Å²) in [7, 11) is 3.75. The molecule has 2 heterocycles. The van der Waals surface area contributed by atoms with Crippen LogP contribution in [0.1, 0.15) is 0 Å². The first-order valence-electron chi connectivity index (χ1n) is 8.32. The lowest BCUT2D eigenvalue weighted by atomic mass is 10.2. The van der Waals surface area contributed by atoms with Crippen molar-refractivity contribution in [3.63, 3.8) is 0 Å². The number of anilines is 5. The molecule has 1 amide bonds. The van der Waals surface area contributed by atoms with Gasteiger partial charge >= 0.3 is 0 Å². The van der Waals surface area contributed by atoms with Gasteiger partial charge in [-0.05, 0) is 19.2 Å². The van der Waals surface area contributed by atoms with Crippen LogP contribution in [0, 0.1) is 0 Å². The van der Waals surface area contributed by atoms with Gasteiger partial charge in [-0.15, -0.1) is 0 Å². The monoisotopic (exact) mass is 357 g/mol. The maximum Gasteiger partial charge on any atom is 0.229 e. The number of ether oxygens (including phenoxy) is 1. The van der Waals surface area contributed by atoms with Crippen molar-refractivity contribution >= 4 is 35.2 Å². The third-order valence-electron chi connectivity index (χ3n) is 4.31. The number of carbonyl (C=O) groups is 1. The predicted octanol–water partition coefficient (Wildman–Crippen LogP) is 1.13. The normalized spacial score (nSPS) is 14.8. The SMILES string of the molecule is COc1cc(N2CCN(C)CC2)ccc1Nc1ncc(N)c(NC=O)n1. The van der Waals surface area contributed by atoms with Gasteiger partial charge in [-0.2, -0.15) is 4.98 Å². The number of nitrogens with one attached hydrogen (secondary N) is 2. The molecule has 4 N–H and O–H groups in total. The van der Waals surface area contributed by atoms with Crippen LogP contribution in [-0.2, 0) is 4.79 Å². The number of hydrogen-bond acceptors (Lipinski definition) is 8. The van der Waals surface area contributed by atoms with Crippen molar-refractivity contribution in [2.24, 2.45) is 0 Å². The Kier molecular flexibility index (Phi) is 5.37. The summed E-state index contributed by atoms with van der Waals surface area (Å²) < 4.78 is 5.52. The van der Waals surface area contributed by atoms with Crippen molar-refractivity contribution in [1.82, 2.24) is 14.9 Å². The molecule has 0 spiro atoms. The van der Waals surface area contributed by atoms with Crippen LogP contribution in [0.3, 0.4) is 0 Å². The van der Waals surface area contributed by atoms with E-state index in [-0.39, 0.29) is 5.82 Å². The Bertz CT molecular complexity index is 776. The molecule has 138 valence electrons. The van der Waals surface area contributed by atoms with Crippen molar-refractivity contribution in [2.45, 2.75) is 0 Å². The Morgan fingerprint density at radius 1 is 1.27 bits per heavy atom. The molecule has 26 heavy (non-hydrogen) atoms. The number of hydrogen-bond donors (Lipinski definition) is 3. The van der Waals surface area contributed by atoms with Gasteiger partial charge in [0, 0.05) is 37.9 Å². The van der Waals surface area contributed by atoms with Crippen molar-refractivity contribution in [3.05, 3.63) is 24.4 Å². The number of benzene rings is 1. The number of carbonyl (C=O) groups excluding carboxylic acids is 1. The molecule has 0 saturated carbocycles. The second-order valence-corrected chi connectivity index (χ2v) is 6.06. The zero-order valence-corrected chi connectivity index (χ0v) is 14.9. The van der Waals surface area contributed by atoms with Crippen molar-refractivity contribution in [1.29, 1.82) is 0 Å². The molecule has 0 bridgehead atoms. The highest BCUT2D eigenvalue weighted by Crippen LogP contribution is 2.32. The highest BCUT2D eigenvalue weighted by Gasteiger charge is 2.16. The van der Waals surface area contributed by atoms with E-state index in [4.69, 9.17) is 10.5 Å². The summed E-state index contributed by atoms with van der Waals surface area (Å²) in [5.41, 5.74) is 7.86. The number of nitrogens with zero attached hydrogens (tertiary/aromatic N) is 4. The third kappa shape index (κ3) is 3.94. The summed E-state index contributed by atoms with van der Waals surface area (Å²) in [6, 6.07) is 5.96. The third-order valence-corrected chi connectivity index (χ3v) is 4.31. The highest BCUT2D eigenvalue weighted by molar-refractivity contribution is 5.77. The van der Waals surface area contributed by atoms with Crippen LogP contribution in [0.15, 0.2) is 24.4 Å². The molecule has 1 saturated heterocycles. The fraction of sp³-hybridized carbons (Fsp3) is 0.353. The Morgan fingerprint density at radius 2 is 2.04 bits per heavy atom. The second kappa shape index (κ2) is 7.87. The summed E-state index contributed by atoms with van der Waals surface area (Å²) in [5, 5.41) is 5.55. The molecule has 1 fully saturated rings. The average Bonchev–Trinajstić information content (AvgIpc) is 2.65. The largest absolute Gasteiger partial charge is 0.494 e. The van der Waals surface area contributed by atoms with Crippen LogP contribution in [0.5, 0.6) is 5.75 Å². The minimum Gasteiger partial charge on any atom is -0.494 e. The molecule has 1 aromatic carbocycles. The van der Waals surface area contributed by atoms with Gasteiger partial charge in [0.25, 0.3) is 0 Å². The number of piperazine rings is 1. The molecule has 3 rings (SSSR count). The summed E-state index contributed by atoms with van der Waals surface area (Å²) in [6.45, 7) is 4.03. The van der Waals surface area contributed by atoms with E-state index in [0.717, 1.165) is 37.6 Å². The van der Waals surface area contributed by atoms with Crippen LogP contribution in [0.2, 0.25) is 0 Å². The molecule has 9 heteroatoms. The van der Waals surface area contributed by atoms with Gasteiger partial charge in [0.1, 0.15) is 5.75 Å². The van der Waals surface area contributed by atoms with Gasteiger partial charge in [0.2, 0.25) is 12.4 Å². The predicted molar refractivity (Wildman–Crippen MR) is 102 cm³/mol. The molecule has 0 aliphatic carbocycles. The Morgan fingerprint density at radius 3 is 2.73 bits per heavy atom. The van der Waals surface area contributed by atoms with Crippen LogP contribution in [0.25, 0.3) is 0 Å². The van der Waals surface area contributed by atoms with Gasteiger partial charge < -0.3 is 30.9 Å². The van der Waals surface area contributed by atoms with Gasteiger partial charge in [0.15, 0.2) is 5.82 Å². The van der Waals surface area contributed by atoms with E-state index in [1.165, 1.54) is 6.20 Å². The number of nitrogens with two attached hydrogens (primary N) is 1. The highest BCUT2D eigenvalue weighted by atomic mass is 16.5. The molecule has 9 nitrogen and oxygen atoms in total. The summed E-state index contributed by atoms with van der Waals surface area (Å²) >= 11 is 0. The lowest BCUT2D eigenvalue weighted by molar-refractivity contribution is -0.105. The van der Waals surface area contributed by atoms with Crippen LogP contribution >= 0.6 is 0 Å². The molecule has 1 aliphatic heterocycles. The van der Waals surface area contributed by atoms with Crippen molar-refractivity contribution in [3.8, 4) is 5.75 Å². The van der Waals surface area contributed by atoms with E-state index in [2.05, 4.69) is 37.4 Å². The van der Waals surface area contributed by atoms with Crippen LogP contribution in [-0.4, -0.2) is 61.6 Å². The number of rotatable bonds is 6. The summed E-state index contributed by atoms with van der Waals surface area (Å²) in [4.78, 5) is 23.6. The van der Waals surface area contributed by atoms with E-state index in [1.807, 2.05) is 18.2 Å². The maximum absolute atomic E-state index is 10.6. The molecular weight excluding hydrogens is 334 g/mol. The van der Waals surface area contributed by atoms with Gasteiger partial charge in [-0.25, -0.2) is 4.98 Å². The summed E-state index contributed by atoms with van der Waals surface area (Å²) in [5.74, 6) is 1.26. The fourth-order valence-electron chi connectivity index (χ4n) is 2.79. The van der Waals surface area contributed by atoms with Crippen molar-refractivity contribution < 1.29 is 9.53 Å². The molecule has 0 atom stereocenters. The second-order valence-electron chi connectivity index (χ2n) is 6.06. The zero-order chi connectivity index (χ0) is 18.5. The van der Waals surface area contributed by atoms with E-state index < -0.39 is 0 Å². The minimum atomic E-state index is 0.255. The lowest BCUT2D eigenvalue weighted by Crippen LogP contribution is -2.44. The lowest BCUT2D eigenvalue weighted by Gasteiger charge is -2.34. The Balaban J connectivity index is 1.80. The zero-order valence-electron chi connectivity index (χ0n) is 14.9. The number of amides is 1. The van der Waals surface area contributed by atoms with Gasteiger partial charge in [-0.3, -0.25) is 4.79 Å². The minimum absolute atomic E-state index is 0.255. The molecule has 1 aliphatic rings. The smallest absolute Gasteiger partial charge is 0.229 e. The first kappa shape index (κ1) is 17.7. The first-order valence-corrected chi connectivity index (χ1v) is 8.32. The van der Waals surface area contributed by atoms with Crippen molar-refractivity contribution in [2.75, 3.05) is 61.6 Å². The molecule has 2 aromatic rings. The van der Waals surface area contributed by atoms with E-state index >= 15 is 0 Å². The molecule has 0 unspecified atom stereocenters. The standard InChI is InChI=1S/C17H23N7O2/c1-23-5-7-24(8-6-23)12-3-4-14(15(9-12)26-2)21-17-19-10-13(18)16(22-17)20-11-25/h3-4,9-11H,5-8,18H2,1-2H3,(H2,19,20,21,22,25). The fourth-order valence-corrected chi connectivity index (χ4v) is 2.79. The number of aromatic nitrogens is 2.